The largest absolute Gasteiger partial charge is 0.447 e. The number of aromatic nitrogens is 1. The minimum atomic E-state index is -0.514. The molecule has 1 N–H and O–H groups in total. The minimum absolute atomic E-state index is 0.173. The van der Waals surface area contributed by atoms with Gasteiger partial charge in [-0.05, 0) is 26.3 Å². The Kier molecular flexibility index (Phi) is 6.10. The van der Waals surface area contributed by atoms with Gasteiger partial charge in [0.25, 0.3) is 0 Å². The highest BCUT2D eigenvalue weighted by atomic mass is 32.1. The molecule has 0 spiro atoms. The molecule has 0 aliphatic carbocycles. The van der Waals surface area contributed by atoms with Gasteiger partial charge in [-0.1, -0.05) is 35.5 Å². The fourth-order valence-corrected chi connectivity index (χ4v) is 2.37. The summed E-state index contributed by atoms with van der Waals surface area (Å²) in [5.41, 5.74) is 2.49. The third kappa shape index (κ3) is 5.71. The van der Waals surface area contributed by atoms with Gasteiger partial charge in [-0.3, -0.25) is 5.32 Å². The van der Waals surface area contributed by atoms with Crippen molar-refractivity contribution in [2.45, 2.75) is 33.5 Å². The van der Waals surface area contributed by atoms with Gasteiger partial charge >= 0.3 is 6.09 Å². The van der Waals surface area contributed by atoms with Crippen molar-refractivity contribution in [2.24, 2.45) is 5.16 Å². The van der Waals surface area contributed by atoms with Crippen molar-refractivity contribution in [3.05, 3.63) is 47.0 Å². The zero-order chi connectivity index (χ0) is 16.7. The summed E-state index contributed by atoms with van der Waals surface area (Å²) in [6, 6.07) is 9.78. The smallest absolute Gasteiger partial charge is 0.413 e. The summed E-state index contributed by atoms with van der Waals surface area (Å²) in [5.74, 6) is 0. The maximum Gasteiger partial charge on any atom is 0.413 e. The maximum atomic E-state index is 11.5. The molecule has 1 aromatic carbocycles. The number of anilines is 1. The van der Waals surface area contributed by atoms with Gasteiger partial charge in [0.2, 0.25) is 0 Å². The molecule has 0 aliphatic heterocycles. The van der Waals surface area contributed by atoms with Crippen LogP contribution in [0.2, 0.25) is 0 Å². The van der Waals surface area contributed by atoms with E-state index < -0.39 is 6.09 Å². The van der Waals surface area contributed by atoms with Crippen LogP contribution in [0.5, 0.6) is 0 Å². The topological polar surface area (TPSA) is 72.8 Å². The molecular formula is C16H19N3O3S. The summed E-state index contributed by atoms with van der Waals surface area (Å²) in [6.07, 6.45) is -0.687. The van der Waals surface area contributed by atoms with Crippen molar-refractivity contribution in [3.8, 4) is 0 Å². The predicted molar refractivity (Wildman–Crippen MR) is 90.8 cm³/mol. The number of benzene rings is 1. The van der Waals surface area contributed by atoms with E-state index in [0.717, 1.165) is 11.3 Å². The van der Waals surface area contributed by atoms with Crippen LogP contribution in [-0.2, 0) is 16.2 Å². The van der Waals surface area contributed by atoms with E-state index in [2.05, 4.69) is 15.5 Å². The second-order valence-electron chi connectivity index (χ2n) is 5.04. The molecule has 122 valence electrons. The first-order chi connectivity index (χ1) is 11.0. The molecule has 2 rings (SSSR count). The van der Waals surface area contributed by atoms with E-state index in [0.29, 0.717) is 10.8 Å². The second-order valence-corrected chi connectivity index (χ2v) is 5.90. The molecule has 0 saturated heterocycles. The first kappa shape index (κ1) is 17.0. The summed E-state index contributed by atoms with van der Waals surface area (Å²) >= 11 is 1.31. The molecule has 2 aromatic rings. The molecule has 0 bridgehead atoms. The van der Waals surface area contributed by atoms with Crippen LogP contribution in [0.15, 0.2) is 40.9 Å². The van der Waals surface area contributed by atoms with Crippen molar-refractivity contribution >= 4 is 28.3 Å². The normalized spacial score (nSPS) is 11.4. The molecule has 7 heteroatoms. The molecule has 1 aromatic heterocycles. The van der Waals surface area contributed by atoms with Gasteiger partial charge in [-0.25, -0.2) is 9.78 Å². The monoisotopic (exact) mass is 333 g/mol. The van der Waals surface area contributed by atoms with Crippen molar-refractivity contribution in [1.29, 1.82) is 0 Å². The Morgan fingerprint density at radius 1 is 1.35 bits per heavy atom. The predicted octanol–water partition coefficient (Wildman–Crippen LogP) is 4.04. The summed E-state index contributed by atoms with van der Waals surface area (Å²) in [7, 11) is 0. The number of nitrogens with one attached hydrogen (secondary N) is 1. The number of ether oxygens (including phenoxy) is 1. The van der Waals surface area contributed by atoms with Crippen LogP contribution >= 0.6 is 11.3 Å². The number of rotatable bonds is 6. The number of carbonyl (C=O) groups is 1. The lowest BCUT2D eigenvalue weighted by Gasteiger charge is -2.06. The lowest BCUT2D eigenvalue weighted by Crippen LogP contribution is -2.17. The van der Waals surface area contributed by atoms with Crippen LogP contribution in [0, 0.1) is 0 Å². The number of nitrogens with zero attached hydrogens (tertiary/aromatic N) is 2. The van der Waals surface area contributed by atoms with Crippen LogP contribution in [0.3, 0.4) is 0 Å². The molecule has 0 unspecified atom stereocenters. The average Bonchev–Trinajstić information content (AvgIpc) is 2.94. The minimum Gasteiger partial charge on any atom is -0.447 e. The fourth-order valence-electron chi connectivity index (χ4n) is 1.69. The number of amides is 1. The number of hydrogen-bond acceptors (Lipinski definition) is 6. The maximum absolute atomic E-state index is 11.5. The molecule has 1 heterocycles. The molecule has 6 nitrogen and oxygen atoms in total. The lowest BCUT2D eigenvalue weighted by molar-refractivity contribution is 0.127. The molecular weight excluding hydrogens is 314 g/mol. The lowest BCUT2D eigenvalue weighted by atomic mass is 10.1. The highest BCUT2D eigenvalue weighted by Gasteiger charge is 2.09. The molecule has 0 aliphatic rings. The summed E-state index contributed by atoms with van der Waals surface area (Å²) in [4.78, 5) is 21.0. The fraction of sp³-hybridized carbons (Fsp3) is 0.312. The zero-order valence-electron chi connectivity index (χ0n) is 13.3. The van der Waals surface area contributed by atoms with Crippen molar-refractivity contribution in [3.63, 3.8) is 0 Å². The Morgan fingerprint density at radius 3 is 2.78 bits per heavy atom. The van der Waals surface area contributed by atoms with Crippen LogP contribution < -0.4 is 5.32 Å². The van der Waals surface area contributed by atoms with E-state index in [9.17, 15) is 4.79 Å². The number of oxime groups is 1. The van der Waals surface area contributed by atoms with Gasteiger partial charge in [-0.2, -0.15) is 0 Å². The Morgan fingerprint density at radius 2 is 2.09 bits per heavy atom. The summed E-state index contributed by atoms with van der Waals surface area (Å²) in [6.45, 7) is 5.69. The molecule has 1 amide bonds. The molecule has 0 saturated carbocycles. The van der Waals surface area contributed by atoms with Crippen LogP contribution in [0.25, 0.3) is 0 Å². The van der Waals surface area contributed by atoms with E-state index in [-0.39, 0.29) is 12.7 Å². The van der Waals surface area contributed by atoms with Crippen molar-refractivity contribution < 1.29 is 14.4 Å². The standard InChI is InChI=1S/C16H19N3O3S/c1-11(2)22-16(20)18-15-17-14(10-23-15)9-21-19-12(3)13-7-5-4-6-8-13/h4-8,10-11H,9H2,1-3H3,(H,17,18,20)/b19-12+. The number of carbonyl (C=O) groups excluding carboxylic acids is 1. The van der Waals surface area contributed by atoms with E-state index in [1.807, 2.05) is 37.3 Å². The van der Waals surface area contributed by atoms with Gasteiger partial charge in [0.05, 0.1) is 17.5 Å². The molecule has 23 heavy (non-hydrogen) atoms. The Hall–Kier alpha value is -2.41. The van der Waals surface area contributed by atoms with Crippen LogP contribution in [0.1, 0.15) is 32.0 Å². The van der Waals surface area contributed by atoms with Gasteiger partial charge in [-0.15, -0.1) is 11.3 Å². The zero-order valence-corrected chi connectivity index (χ0v) is 14.1. The first-order valence-corrected chi connectivity index (χ1v) is 8.06. The Balaban J connectivity index is 1.84. The third-order valence-electron chi connectivity index (χ3n) is 2.71. The van der Waals surface area contributed by atoms with Crippen molar-refractivity contribution in [2.75, 3.05) is 5.32 Å². The Labute approximate surface area is 139 Å². The van der Waals surface area contributed by atoms with Gasteiger partial charge in [0.15, 0.2) is 11.7 Å². The van der Waals surface area contributed by atoms with E-state index in [1.165, 1.54) is 11.3 Å². The first-order valence-electron chi connectivity index (χ1n) is 7.18. The van der Waals surface area contributed by atoms with E-state index in [4.69, 9.17) is 9.57 Å². The summed E-state index contributed by atoms with van der Waals surface area (Å²) < 4.78 is 4.99. The quantitative estimate of drug-likeness (QED) is 0.639. The molecule has 0 fully saturated rings. The summed E-state index contributed by atoms with van der Waals surface area (Å²) in [5, 5.41) is 8.92. The van der Waals surface area contributed by atoms with Gasteiger partial charge in [0, 0.05) is 5.38 Å². The van der Waals surface area contributed by atoms with Crippen molar-refractivity contribution in [1.82, 2.24) is 4.98 Å². The van der Waals surface area contributed by atoms with Crippen LogP contribution in [0.4, 0.5) is 9.93 Å². The third-order valence-corrected chi connectivity index (χ3v) is 3.52. The van der Waals surface area contributed by atoms with Gasteiger partial charge in [0.1, 0.15) is 0 Å². The number of hydrogen-bond donors (Lipinski definition) is 1. The number of thiazole rings is 1. The molecule has 0 radical (unpaired) electrons. The SMILES string of the molecule is C/C(=N\OCc1csc(NC(=O)OC(C)C)n1)c1ccccc1. The van der Waals surface area contributed by atoms with E-state index >= 15 is 0 Å². The highest BCUT2D eigenvalue weighted by molar-refractivity contribution is 7.13. The second kappa shape index (κ2) is 8.28. The molecule has 0 atom stereocenters. The van der Waals surface area contributed by atoms with E-state index in [1.54, 1.807) is 19.2 Å². The Bertz CT molecular complexity index is 668. The van der Waals surface area contributed by atoms with Gasteiger partial charge < -0.3 is 9.57 Å². The van der Waals surface area contributed by atoms with Crippen LogP contribution in [-0.4, -0.2) is 22.9 Å². The highest BCUT2D eigenvalue weighted by Crippen LogP contribution is 2.16. The average molecular weight is 333 g/mol.